The van der Waals surface area contributed by atoms with E-state index in [1.54, 1.807) is 6.92 Å². The highest BCUT2D eigenvalue weighted by Crippen LogP contribution is 2.17. The molecule has 3 aromatic rings. The standard InChI is InChI=1S/C20H25N5O/c1-14-15(2)22-19(23-20(14)26)18-7-5-6-17(12-18)13-24(4)10-11-25-9-8-21-16(25)3/h5-9,12H,10-11,13H2,1-4H3,(H,22,23,26). The Bertz CT molecular complexity index is 957. The Morgan fingerprint density at radius 1 is 1.23 bits per heavy atom. The van der Waals surface area contributed by atoms with Gasteiger partial charge in [0.1, 0.15) is 11.6 Å². The van der Waals surface area contributed by atoms with E-state index in [9.17, 15) is 4.79 Å². The fourth-order valence-corrected chi connectivity index (χ4v) is 2.91. The lowest BCUT2D eigenvalue weighted by atomic mass is 10.1. The molecule has 0 bridgehead atoms. The highest BCUT2D eigenvalue weighted by atomic mass is 16.1. The predicted molar refractivity (Wildman–Crippen MR) is 103 cm³/mol. The first-order valence-electron chi connectivity index (χ1n) is 8.77. The first-order valence-corrected chi connectivity index (χ1v) is 8.77. The summed E-state index contributed by atoms with van der Waals surface area (Å²) in [5, 5.41) is 0. The number of hydrogen-bond acceptors (Lipinski definition) is 4. The van der Waals surface area contributed by atoms with Crippen molar-refractivity contribution in [2.24, 2.45) is 0 Å². The summed E-state index contributed by atoms with van der Waals surface area (Å²) in [6.45, 7) is 8.34. The van der Waals surface area contributed by atoms with Crippen molar-refractivity contribution in [2.45, 2.75) is 33.9 Å². The van der Waals surface area contributed by atoms with Crippen molar-refractivity contribution < 1.29 is 0 Å². The summed E-state index contributed by atoms with van der Waals surface area (Å²) < 4.78 is 2.15. The van der Waals surface area contributed by atoms with Crippen LogP contribution in [0.15, 0.2) is 41.5 Å². The third-order valence-electron chi connectivity index (χ3n) is 4.69. The average molecular weight is 351 g/mol. The van der Waals surface area contributed by atoms with Crippen LogP contribution in [0.2, 0.25) is 0 Å². The molecule has 26 heavy (non-hydrogen) atoms. The number of nitrogens with zero attached hydrogens (tertiary/aromatic N) is 4. The molecule has 0 atom stereocenters. The molecule has 2 heterocycles. The maximum absolute atomic E-state index is 12.0. The van der Waals surface area contributed by atoms with E-state index in [0.29, 0.717) is 11.4 Å². The first-order chi connectivity index (χ1) is 12.4. The van der Waals surface area contributed by atoms with Crippen LogP contribution in [-0.4, -0.2) is 38.0 Å². The number of aromatic nitrogens is 4. The fourth-order valence-electron chi connectivity index (χ4n) is 2.91. The molecule has 0 fully saturated rings. The molecule has 0 saturated carbocycles. The maximum atomic E-state index is 12.0. The molecular formula is C20H25N5O. The van der Waals surface area contributed by atoms with E-state index in [1.165, 1.54) is 5.56 Å². The van der Waals surface area contributed by atoms with E-state index in [2.05, 4.69) is 43.6 Å². The van der Waals surface area contributed by atoms with Crippen molar-refractivity contribution in [3.63, 3.8) is 0 Å². The molecule has 0 aliphatic rings. The SMILES string of the molecule is Cc1nc(-c2cccc(CN(C)CCn3ccnc3C)c2)[nH]c(=O)c1C. The third kappa shape index (κ3) is 4.08. The fraction of sp³-hybridized carbons (Fsp3) is 0.350. The number of nitrogens with one attached hydrogen (secondary N) is 1. The van der Waals surface area contributed by atoms with E-state index in [0.717, 1.165) is 36.7 Å². The number of imidazole rings is 1. The molecule has 1 aromatic carbocycles. The van der Waals surface area contributed by atoms with Crippen LogP contribution < -0.4 is 5.56 Å². The van der Waals surface area contributed by atoms with Gasteiger partial charge in [-0.2, -0.15) is 0 Å². The molecule has 1 N–H and O–H groups in total. The van der Waals surface area contributed by atoms with Gasteiger partial charge < -0.3 is 14.5 Å². The Balaban J connectivity index is 1.71. The summed E-state index contributed by atoms with van der Waals surface area (Å²) in [4.78, 5) is 25.9. The summed E-state index contributed by atoms with van der Waals surface area (Å²) in [5.41, 5.74) is 3.47. The van der Waals surface area contributed by atoms with E-state index >= 15 is 0 Å². The summed E-state index contributed by atoms with van der Waals surface area (Å²) in [5.74, 6) is 1.65. The van der Waals surface area contributed by atoms with Gasteiger partial charge >= 0.3 is 0 Å². The van der Waals surface area contributed by atoms with E-state index < -0.39 is 0 Å². The Labute approximate surface area is 153 Å². The van der Waals surface area contributed by atoms with Crippen LogP contribution in [0.4, 0.5) is 0 Å². The van der Waals surface area contributed by atoms with Gasteiger partial charge in [0.2, 0.25) is 0 Å². The highest BCUT2D eigenvalue weighted by molar-refractivity contribution is 5.56. The molecule has 0 amide bonds. The zero-order valence-corrected chi connectivity index (χ0v) is 15.8. The van der Waals surface area contributed by atoms with Crippen molar-refractivity contribution in [1.29, 1.82) is 0 Å². The number of H-pyrrole nitrogens is 1. The molecule has 6 heteroatoms. The molecule has 0 spiro atoms. The zero-order valence-electron chi connectivity index (χ0n) is 15.8. The maximum Gasteiger partial charge on any atom is 0.254 e. The monoisotopic (exact) mass is 351 g/mol. The Morgan fingerprint density at radius 2 is 2.04 bits per heavy atom. The molecule has 6 nitrogen and oxygen atoms in total. The molecular weight excluding hydrogens is 326 g/mol. The van der Waals surface area contributed by atoms with Gasteiger partial charge in [-0.3, -0.25) is 4.79 Å². The number of hydrogen-bond donors (Lipinski definition) is 1. The third-order valence-corrected chi connectivity index (χ3v) is 4.69. The molecule has 136 valence electrons. The van der Waals surface area contributed by atoms with Crippen molar-refractivity contribution >= 4 is 0 Å². The van der Waals surface area contributed by atoms with Crippen LogP contribution in [0.25, 0.3) is 11.4 Å². The first kappa shape index (κ1) is 18.1. The lowest BCUT2D eigenvalue weighted by molar-refractivity contribution is 0.310. The van der Waals surface area contributed by atoms with Gasteiger partial charge in [-0.15, -0.1) is 0 Å². The smallest absolute Gasteiger partial charge is 0.254 e. The van der Waals surface area contributed by atoms with Gasteiger partial charge in [-0.1, -0.05) is 18.2 Å². The van der Waals surface area contributed by atoms with Gasteiger partial charge in [0.15, 0.2) is 0 Å². The van der Waals surface area contributed by atoms with E-state index in [1.807, 2.05) is 38.4 Å². The lowest BCUT2D eigenvalue weighted by Gasteiger charge is -2.18. The number of aryl methyl sites for hydroxylation is 2. The molecule has 0 aliphatic heterocycles. The summed E-state index contributed by atoms with van der Waals surface area (Å²) in [7, 11) is 2.11. The number of aromatic amines is 1. The van der Waals surface area contributed by atoms with Gasteiger partial charge in [0.25, 0.3) is 5.56 Å². The van der Waals surface area contributed by atoms with Crippen LogP contribution in [0.1, 0.15) is 22.6 Å². The van der Waals surface area contributed by atoms with Gasteiger partial charge in [0, 0.05) is 48.8 Å². The summed E-state index contributed by atoms with van der Waals surface area (Å²) >= 11 is 0. The minimum Gasteiger partial charge on any atom is -0.334 e. The van der Waals surface area contributed by atoms with Crippen molar-refractivity contribution in [1.82, 2.24) is 24.4 Å². The van der Waals surface area contributed by atoms with Crippen LogP contribution in [-0.2, 0) is 13.1 Å². The van der Waals surface area contributed by atoms with Crippen molar-refractivity contribution in [3.8, 4) is 11.4 Å². The second-order valence-corrected chi connectivity index (χ2v) is 6.73. The topological polar surface area (TPSA) is 66.8 Å². The van der Waals surface area contributed by atoms with Crippen LogP contribution in [0.3, 0.4) is 0 Å². The van der Waals surface area contributed by atoms with Gasteiger partial charge in [0.05, 0.1) is 0 Å². The molecule has 2 aromatic heterocycles. The van der Waals surface area contributed by atoms with Crippen LogP contribution >= 0.6 is 0 Å². The van der Waals surface area contributed by atoms with Crippen LogP contribution in [0.5, 0.6) is 0 Å². The summed E-state index contributed by atoms with van der Waals surface area (Å²) in [6.07, 6.45) is 3.83. The largest absolute Gasteiger partial charge is 0.334 e. The van der Waals surface area contributed by atoms with Crippen molar-refractivity contribution in [3.05, 3.63) is 69.7 Å². The average Bonchev–Trinajstić information content (AvgIpc) is 3.02. The summed E-state index contributed by atoms with van der Waals surface area (Å²) in [6, 6.07) is 8.17. The van der Waals surface area contributed by atoms with E-state index in [4.69, 9.17) is 0 Å². The highest BCUT2D eigenvalue weighted by Gasteiger charge is 2.08. The lowest BCUT2D eigenvalue weighted by Crippen LogP contribution is -2.23. The minimum atomic E-state index is -0.0780. The van der Waals surface area contributed by atoms with Gasteiger partial charge in [-0.05, 0) is 39.4 Å². The normalized spacial score (nSPS) is 11.3. The second-order valence-electron chi connectivity index (χ2n) is 6.73. The Morgan fingerprint density at radius 3 is 2.73 bits per heavy atom. The molecule has 0 saturated heterocycles. The zero-order chi connectivity index (χ0) is 18.7. The molecule has 0 radical (unpaired) electrons. The Kier molecular flexibility index (Phi) is 5.32. The van der Waals surface area contributed by atoms with Crippen LogP contribution in [0, 0.1) is 20.8 Å². The Hall–Kier alpha value is -2.73. The number of rotatable bonds is 6. The second kappa shape index (κ2) is 7.66. The number of likely N-dealkylation sites (N-methyl/N-ethyl adjacent to an activating group) is 1. The predicted octanol–water partition coefficient (Wildman–Crippen LogP) is 2.69. The molecule has 0 aliphatic carbocycles. The molecule has 3 rings (SSSR count). The van der Waals surface area contributed by atoms with E-state index in [-0.39, 0.29) is 5.56 Å². The minimum absolute atomic E-state index is 0.0780. The quantitative estimate of drug-likeness (QED) is 0.741. The number of benzene rings is 1. The van der Waals surface area contributed by atoms with Gasteiger partial charge in [-0.25, -0.2) is 9.97 Å². The molecule has 0 unspecified atom stereocenters. The van der Waals surface area contributed by atoms with Crippen molar-refractivity contribution in [2.75, 3.05) is 13.6 Å².